The average Bonchev–Trinajstić information content (AvgIpc) is 2.40. The number of hydrogen-bond acceptors (Lipinski definition) is 3. The van der Waals surface area contributed by atoms with E-state index in [0.717, 1.165) is 18.8 Å². The Hall–Kier alpha value is -1.35. The normalized spacial score (nSPS) is 14.5. The van der Waals surface area contributed by atoms with Gasteiger partial charge in [-0.05, 0) is 24.8 Å². The highest BCUT2D eigenvalue weighted by Crippen LogP contribution is 2.02. The lowest BCUT2D eigenvalue weighted by atomic mass is 10.2. The molecule has 0 atom stereocenters. The number of rotatable bonds is 3. The van der Waals surface area contributed by atoms with Gasteiger partial charge in [-0.2, -0.15) is 0 Å². The number of benzene rings is 1. The van der Waals surface area contributed by atoms with Gasteiger partial charge in [0.05, 0.1) is 0 Å². The molecule has 1 radical (unpaired) electrons. The first-order valence-corrected chi connectivity index (χ1v) is 5.54. The molecule has 0 saturated carbocycles. The standard InChI is InChI=1S/C8H7O2.C5H10O/c9-7-10-6-8-4-2-1-3-5-8;1-2-4-6-5-3-1/h1-5H,6H2;1-5H2. The lowest BCUT2D eigenvalue weighted by Crippen LogP contribution is -2.03. The molecule has 3 heteroatoms. The van der Waals surface area contributed by atoms with Gasteiger partial charge >= 0.3 is 6.47 Å². The number of ether oxygens (including phenoxy) is 2. The van der Waals surface area contributed by atoms with E-state index >= 15 is 0 Å². The molecule has 0 amide bonds. The fourth-order valence-electron chi connectivity index (χ4n) is 1.37. The zero-order chi connectivity index (χ0) is 11.5. The third-order valence-electron chi connectivity index (χ3n) is 2.22. The summed E-state index contributed by atoms with van der Waals surface area (Å²) in [5.74, 6) is 0. The van der Waals surface area contributed by atoms with Crippen molar-refractivity contribution in [2.24, 2.45) is 0 Å². The molecule has 0 aromatic heterocycles. The van der Waals surface area contributed by atoms with Gasteiger partial charge in [0.1, 0.15) is 6.61 Å². The Balaban J connectivity index is 0.000000181. The molecule has 2 rings (SSSR count). The van der Waals surface area contributed by atoms with Gasteiger partial charge in [-0.25, -0.2) is 4.79 Å². The first kappa shape index (κ1) is 12.7. The van der Waals surface area contributed by atoms with Gasteiger partial charge < -0.3 is 9.47 Å². The van der Waals surface area contributed by atoms with Crippen LogP contribution in [0, 0.1) is 0 Å². The minimum absolute atomic E-state index is 0.310. The fourth-order valence-corrected chi connectivity index (χ4v) is 1.37. The van der Waals surface area contributed by atoms with E-state index in [-0.39, 0.29) is 0 Å². The van der Waals surface area contributed by atoms with E-state index in [4.69, 9.17) is 4.74 Å². The van der Waals surface area contributed by atoms with Crippen LogP contribution in [0.1, 0.15) is 24.8 Å². The summed E-state index contributed by atoms with van der Waals surface area (Å²) >= 11 is 0. The van der Waals surface area contributed by atoms with Crippen LogP contribution < -0.4 is 0 Å². The average molecular weight is 221 g/mol. The molecule has 1 aromatic carbocycles. The molecule has 1 aliphatic heterocycles. The lowest BCUT2D eigenvalue weighted by Gasteiger charge is -2.08. The van der Waals surface area contributed by atoms with Crippen molar-refractivity contribution >= 4 is 6.47 Å². The van der Waals surface area contributed by atoms with Crippen LogP contribution in [0.4, 0.5) is 0 Å². The first-order valence-electron chi connectivity index (χ1n) is 5.54. The molecule has 1 aromatic rings. The summed E-state index contributed by atoms with van der Waals surface area (Å²) in [4.78, 5) is 9.63. The van der Waals surface area contributed by atoms with Gasteiger partial charge in [0, 0.05) is 13.2 Å². The van der Waals surface area contributed by atoms with Crippen molar-refractivity contribution in [3.05, 3.63) is 35.9 Å². The minimum atomic E-state index is 0.310. The van der Waals surface area contributed by atoms with E-state index in [1.54, 1.807) is 0 Å². The second-order valence-electron chi connectivity index (χ2n) is 3.53. The Morgan fingerprint density at radius 2 is 1.81 bits per heavy atom. The molecule has 0 aliphatic carbocycles. The van der Waals surface area contributed by atoms with E-state index in [1.165, 1.54) is 25.7 Å². The fraction of sp³-hybridized carbons (Fsp3) is 0.462. The van der Waals surface area contributed by atoms with Gasteiger partial charge in [-0.3, -0.25) is 0 Å². The highest BCUT2D eigenvalue weighted by atomic mass is 16.5. The Bertz CT molecular complexity index is 256. The quantitative estimate of drug-likeness (QED) is 0.786. The Kier molecular flexibility index (Phi) is 7.09. The molecule has 1 fully saturated rings. The van der Waals surface area contributed by atoms with Gasteiger partial charge in [0.25, 0.3) is 0 Å². The first-order chi connectivity index (χ1) is 7.93. The maximum absolute atomic E-state index is 9.63. The van der Waals surface area contributed by atoms with Crippen LogP contribution in [0.2, 0.25) is 0 Å². The van der Waals surface area contributed by atoms with Crippen molar-refractivity contribution < 1.29 is 14.3 Å². The van der Waals surface area contributed by atoms with Crippen LogP contribution in [0.5, 0.6) is 0 Å². The van der Waals surface area contributed by atoms with Crippen LogP contribution in [-0.2, 0) is 20.9 Å². The summed E-state index contributed by atoms with van der Waals surface area (Å²) < 4.78 is 9.48. The second kappa shape index (κ2) is 8.92. The molecular weight excluding hydrogens is 204 g/mol. The van der Waals surface area contributed by atoms with Crippen molar-refractivity contribution in [1.82, 2.24) is 0 Å². The van der Waals surface area contributed by atoms with Crippen molar-refractivity contribution in [3.8, 4) is 0 Å². The second-order valence-corrected chi connectivity index (χ2v) is 3.53. The molecule has 3 nitrogen and oxygen atoms in total. The zero-order valence-electron chi connectivity index (χ0n) is 9.35. The molecule has 0 bridgehead atoms. The summed E-state index contributed by atoms with van der Waals surface area (Å²) in [6.07, 6.45) is 3.93. The Morgan fingerprint density at radius 3 is 2.25 bits per heavy atom. The molecular formula is C13H17O3. The van der Waals surface area contributed by atoms with Crippen LogP contribution in [0.15, 0.2) is 30.3 Å². The van der Waals surface area contributed by atoms with E-state index in [0.29, 0.717) is 6.61 Å². The molecule has 87 valence electrons. The summed E-state index contributed by atoms with van der Waals surface area (Å²) in [5, 5.41) is 0. The van der Waals surface area contributed by atoms with Crippen LogP contribution >= 0.6 is 0 Å². The summed E-state index contributed by atoms with van der Waals surface area (Å²) in [7, 11) is 0. The Morgan fingerprint density at radius 1 is 1.12 bits per heavy atom. The van der Waals surface area contributed by atoms with Gasteiger partial charge in [-0.1, -0.05) is 30.3 Å². The zero-order valence-corrected chi connectivity index (χ0v) is 9.35. The van der Waals surface area contributed by atoms with Gasteiger partial charge in [0.2, 0.25) is 0 Å². The van der Waals surface area contributed by atoms with Crippen molar-refractivity contribution in [1.29, 1.82) is 0 Å². The largest absolute Gasteiger partial charge is 0.452 e. The maximum atomic E-state index is 9.63. The third kappa shape index (κ3) is 6.19. The highest BCUT2D eigenvalue weighted by Gasteiger charge is 1.95. The maximum Gasteiger partial charge on any atom is 0.417 e. The molecule has 0 spiro atoms. The molecule has 16 heavy (non-hydrogen) atoms. The van der Waals surface area contributed by atoms with E-state index in [1.807, 2.05) is 30.3 Å². The topological polar surface area (TPSA) is 35.5 Å². The van der Waals surface area contributed by atoms with Gasteiger partial charge in [-0.15, -0.1) is 0 Å². The third-order valence-corrected chi connectivity index (χ3v) is 2.22. The predicted octanol–water partition coefficient (Wildman–Crippen LogP) is 2.46. The molecule has 0 unspecified atom stereocenters. The number of carbonyl (C=O) groups excluding carboxylic acids is 1. The summed E-state index contributed by atoms with van der Waals surface area (Å²) in [6, 6.07) is 9.47. The Labute approximate surface area is 96.4 Å². The lowest BCUT2D eigenvalue weighted by molar-refractivity contribution is 0.0968. The van der Waals surface area contributed by atoms with Crippen molar-refractivity contribution in [3.63, 3.8) is 0 Å². The molecule has 1 saturated heterocycles. The molecule has 0 N–H and O–H groups in total. The SMILES string of the molecule is C1CCOCC1.O=[C]OCc1ccccc1. The van der Waals surface area contributed by atoms with E-state index in [2.05, 4.69) is 4.74 Å². The van der Waals surface area contributed by atoms with Crippen molar-refractivity contribution in [2.75, 3.05) is 13.2 Å². The minimum Gasteiger partial charge on any atom is -0.452 e. The van der Waals surface area contributed by atoms with E-state index in [9.17, 15) is 4.79 Å². The monoisotopic (exact) mass is 221 g/mol. The summed E-state index contributed by atoms with van der Waals surface area (Å²) in [6.45, 7) is 3.68. The van der Waals surface area contributed by atoms with Gasteiger partial charge in [0.15, 0.2) is 0 Å². The van der Waals surface area contributed by atoms with Crippen LogP contribution in [0.3, 0.4) is 0 Å². The predicted molar refractivity (Wildman–Crippen MR) is 61.6 cm³/mol. The molecule has 1 heterocycles. The van der Waals surface area contributed by atoms with Crippen LogP contribution in [-0.4, -0.2) is 19.7 Å². The van der Waals surface area contributed by atoms with Crippen molar-refractivity contribution in [2.45, 2.75) is 25.9 Å². The highest BCUT2D eigenvalue weighted by molar-refractivity contribution is 5.38. The smallest absolute Gasteiger partial charge is 0.417 e. The van der Waals surface area contributed by atoms with E-state index < -0.39 is 0 Å². The summed E-state index contributed by atoms with van der Waals surface area (Å²) in [5.41, 5.74) is 0.978. The van der Waals surface area contributed by atoms with Crippen LogP contribution in [0.25, 0.3) is 0 Å². The molecule has 1 aliphatic rings. The number of hydrogen-bond donors (Lipinski definition) is 0.